The second-order valence-corrected chi connectivity index (χ2v) is 2.00. The molecule has 0 fully saturated rings. The molecule has 0 aliphatic heterocycles. The van der Waals surface area contributed by atoms with Crippen LogP contribution in [0.2, 0.25) is 0 Å². The Morgan fingerprint density at radius 1 is 1.60 bits per heavy atom. The fraction of sp³-hybridized carbons (Fsp3) is 0. The number of nitrogens with zero attached hydrogens (tertiary/aromatic N) is 2. The van der Waals surface area contributed by atoms with Crippen LogP contribution in [-0.2, 0) is 0 Å². The quantitative estimate of drug-likeness (QED) is 0.465. The predicted molar refractivity (Wildman–Crippen MR) is 28.4 cm³/mol. The van der Waals surface area contributed by atoms with Gasteiger partial charge in [0.25, 0.3) is 0 Å². The van der Waals surface area contributed by atoms with Gasteiger partial charge in [0.1, 0.15) is 5.69 Å². The first-order valence-corrected chi connectivity index (χ1v) is 2.78. The maximum atomic E-state index is 10.0. The normalized spacial score (nSPS) is 8.50. The largest absolute Gasteiger partial charge is 1.00 e. The number of halogens is 1. The first kappa shape index (κ1) is 9.69. The summed E-state index contributed by atoms with van der Waals surface area (Å²) in [7, 11) is 0. The molecule has 7 heteroatoms. The maximum absolute atomic E-state index is 10.0. The minimum Gasteiger partial charge on any atom is -0.543 e. The first-order valence-electron chi connectivity index (χ1n) is 1.99. The van der Waals surface area contributed by atoms with Gasteiger partial charge in [0.15, 0.2) is 4.60 Å². The van der Waals surface area contributed by atoms with Gasteiger partial charge in [0.2, 0.25) is 0 Å². The smallest absolute Gasteiger partial charge is 0.543 e. The molecule has 1 heterocycles. The molecule has 1 aromatic heterocycles. The van der Waals surface area contributed by atoms with E-state index in [1.165, 1.54) is 0 Å². The Morgan fingerprint density at radius 3 is 2.40 bits per heavy atom. The van der Waals surface area contributed by atoms with E-state index in [4.69, 9.17) is 0 Å². The van der Waals surface area contributed by atoms with Crippen LogP contribution in [0.15, 0.2) is 4.60 Å². The third kappa shape index (κ3) is 1.84. The molecule has 0 aromatic carbocycles. The summed E-state index contributed by atoms with van der Waals surface area (Å²) in [6, 6.07) is 0. The third-order valence-corrected chi connectivity index (χ3v) is 1.25. The number of H-pyrrole nitrogens is 1. The number of hydrogen-bond donors (Lipinski definition) is 1. The van der Waals surface area contributed by atoms with Gasteiger partial charge in [-0.1, -0.05) is 0 Å². The van der Waals surface area contributed by atoms with E-state index in [2.05, 4.69) is 31.3 Å². The van der Waals surface area contributed by atoms with Crippen molar-refractivity contribution >= 4 is 21.9 Å². The zero-order chi connectivity index (χ0) is 6.85. The van der Waals surface area contributed by atoms with Crippen molar-refractivity contribution < 1.29 is 28.8 Å². The summed E-state index contributed by atoms with van der Waals surface area (Å²) in [5.41, 5.74) is -0.213. The van der Waals surface area contributed by atoms with E-state index in [0.717, 1.165) is 0 Å². The molecule has 0 saturated carbocycles. The summed E-state index contributed by atoms with van der Waals surface area (Å²) in [4.78, 5) is 10.0. The Kier molecular flexibility index (Phi) is 3.64. The molecule has 1 aromatic rings. The SMILES string of the molecule is O=C([O-])c1n[nH]nc1Br.[Li+]. The van der Waals surface area contributed by atoms with Crippen molar-refractivity contribution in [3.63, 3.8) is 0 Å². The molecule has 0 aliphatic carbocycles. The van der Waals surface area contributed by atoms with Gasteiger partial charge in [-0.3, -0.25) is 0 Å². The summed E-state index contributed by atoms with van der Waals surface area (Å²) in [6.45, 7) is 0. The number of rotatable bonds is 1. The van der Waals surface area contributed by atoms with Gasteiger partial charge in [-0.25, -0.2) is 0 Å². The van der Waals surface area contributed by atoms with Crippen molar-refractivity contribution in [2.24, 2.45) is 0 Å². The molecule has 0 amide bonds. The van der Waals surface area contributed by atoms with Crippen molar-refractivity contribution in [2.45, 2.75) is 0 Å². The summed E-state index contributed by atoms with van der Waals surface area (Å²) in [6.07, 6.45) is 0. The Balaban J connectivity index is 0.000000810. The fourth-order valence-corrected chi connectivity index (χ4v) is 0.678. The topological polar surface area (TPSA) is 81.7 Å². The van der Waals surface area contributed by atoms with E-state index in [1.807, 2.05) is 0 Å². The van der Waals surface area contributed by atoms with E-state index in [-0.39, 0.29) is 29.2 Å². The molecule has 0 atom stereocenters. The van der Waals surface area contributed by atoms with Gasteiger partial charge in [-0.15, -0.1) is 5.10 Å². The monoisotopic (exact) mass is 197 g/mol. The maximum Gasteiger partial charge on any atom is 1.00 e. The molecule has 48 valence electrons. The molecular formula is C3HBrLiN3O2. The average Bonchev–Trinajstić information content (AvgIpc) is 2.13. The number of carbonyl (C=O) groups excluding carboxylic acids is 1. The molecule has 1 rings (SSSR count). The standard InChI is InChI=1S/C3H2BrN3O2.Li/c4-2-1(3(8)9)5-7-6-2;/h(H,8,9)(H,5,6,7);/q;+1/p-1. The number of aromatic carboxylic acids is 1. The Morgan fingerprint density at radius 2 is 2.20 bits per heavy atom. The second kappa shape index (κ2) is 3.76. The van der Waals surface area contributed by atoms with Crippen molar-refractivity contribution in [3.8, 4) is 0 Å². The molecule has 10 heavy (non-hydrogen) atoms. The summed E-state index contributed by atoms with van der Waals surface area (Å²) < 4.78 is 0.155. The average molecular weight is 198 g/mol. The van der Waals surface area contributed by atoms with E-state index < -0.39 is 5.97 Å². The molecular weight excluding hydrogens is 197 g/mol. The summed E-state index contributed by atoms with van der Waals surface area (Å²) in [5, 5.41) is 18.8. The number of carboxylic acids is 1. The van der Waals surface area contributed by atoms with Crippen molar-refractivity contribution in [1.29, 1.82) is 0 Å². The molecule has 5 nitrogen and oxygen atoms in total. The van der Waals surface area contributed by atoms with E-state index in [1.54, 1.807) is 0 Å². The van der Waals surface area contributed by atoms with Crippen molar-refractivity contribution in [1.82, 2.24) is 15.4 Å². The van der Waals surface area contributed by atoms with Crippen LogP contribution in [0.4, 0.5) is 0 Å². The molecule has 0 bridgehead atoms. The van der Waals surface area contributed by atoms with Crippen LogP contribution < -0.4 is 24.0 Å². The van der Waals surface area contributed by atoms with E-state index in [0.29, 0.717) is 0 Å². The number of carbonyl (C=O) groups is 1. The third-order valence-electron chi connectivity index (χ3n) is 0.699. The first-order chi connectivity index (χ1) is 4.22. The predicted octanol–water partition coefficient (Wildman–Crippen LogP) is -4.07. The van der Waals surface area contributed by atoms with Crippen LogP contribution in [0.25, 0.3) is 0 Å². The van der Waals surface area contributed by atoms with Crippen LogP contribution >= 0.6 is 15.9 Å². The van der Waals surface area contributed by atoms with Gasteiger partial charge < -0.3 is 9.90 Å². The van der Waals surface area contributed by atoms with Gasteiger partial charge >= 0.3 is 18.9 Å². The fourth-order valence-electron chi connectivity index (χ4n) is 0.348. The van der Waals surface area contributed by atoms with Crippen LogP contribution in [0.3, 0.4) is 0 Å². The number of carboxylic acid groups (broad SMARTS) is 1. The molecule has 1 N–H and O–H groups in total. The van der Waals surface area contributed by atoms with Gasteiger partial charge in [0.05, 0.1) is 5.97 Å². The van der Waals surface area contributed by atoms with Crippen LogP contribution in [0.1, 0.15) is 10.5 Å². The number of aromatic nitrogens is 3. The molecule has 0 unspecified atom stereocenters. The number of aromatic amines is 1. The molecule has 0 spiro atoms. The zero-order valence-corrected chi connectivity index (χ0v) is 6.67. The van der Waals surface area contributed by atoms with Gasteiger partial charge in [-0.2, -0.15) is 10.3 Å². The Hall–Kier alpha value is -0.313. The van der Waals surface area contributed by atoms with Gasteiger partial charge in [-0.05, 0) is 15.9 Å². The molecule has 0 radical (unpaired) electrons. The van der Waals surface area contributed by atoms with Crippen LogP contribution in [-0.4, -0.2) is 21.4 Å². The van der Waals surface area contributed by atoms with Crippen LogP contribution in [0, 0.1) is 0 Å². The minimum atomic E-state index is -1.35. The minimum absolute atomic E-state index is 0. The van der Waals surface area contributed by atoms with Crippen LogP contribution in [0.5, 0.6) is 0 Å². The molecule has 0 saturated heterocycles. The van der Waals surface area contributed by atoms with Gasteiger partial charge in [0, 0.05) is 0 Å². The Labute approximate surface area is 76.5 Å². The number of hydrogen-bond acceptors (Lipinski definition) is 4. The zero-order valence-electron chi connectivity index (χ0n) is 5.09. The van der Waals surface area contributed by atoms with Crippen molar-refractivity contribution in [3.05, 3.63) is 10.3 Å². The number of nitrogens with one attached hydrogen (secondary N) is 1. The van der Waals surface area contributed by atoms with E-state index >= 15 is 0 Å². The Bertz CT molecular complexity index is 237. The van der Waals surface area contributed by atoms with Crippen molar-refractivity contribution in [2.75, 3.05) is 0 Å². The second-order valence-electron chi connectivity index (χ2n) is 1.25. The van der Waals surface area contributed by atoms with E-state index in [9.17, 15) is 9.90 Å². The molecule has 0 aliphatic rings. The summed E-state index contributed by atoms with van der Waals surface area (Å²) in [5.74, 6) is -1.35. The summed E-state index contributed by atoms with van der Waals surface area (Å²) >= 11 is 2.84.